The normalized spacial score (nSPS) is 11.7. The van der Waals surface area contributed by atoms with Gasteiger partial charge in [-0.2, -0.15) is 4.31 Å². The zero-order valence-electron chi connectivity index (χ0n) is 15.9. The number of carbonyl (C=O) groups is 1. The predicted octanol–water partition coefficient (Wildman–Crippen LogP) is 2.61. The molecule has 0 aliphatic rings. The molecule has 0 saturated heterocycles. The number of sulfonamides is 1. The van der Waals surface area contributed by atoms with Gasteiger partial charge in [0, 0.05) is 7.05 Å². The van der Waals surface area contributed by atoms with Crippen LogP contribution in [0, 0.1) is 13.8 Å². The van der Waals surface area contributed by atoms with Gasteiger partial charge in [-0.25, -0.2) is 18.4 Å². The molecule has 146 valence electrons. The lowest BCUT2D eigenvalue weighted by atomic mass is 10.2. The second-order valence-corrected chi connectivity index (χ2v) is 8.52. The number of fused-ring (bicyclic) bond motifs is 1. The zero-order valence-corrected chi connectivity index (χ0v) is 16.7. The molecule has 0 amide bonds. The Morgan fingerprint density at radius 1 is 1.00 bits per heavy atom. The number of esters is 1. The third-order valence-corrected chi connectivity index (χ3v) is 6.11. The fourth-order valence-corrected chi connectivity index (χ4v) is 3.73. The third kappa shape index (κ3) is 4.35. The van der Waals surface area contributed by atoms with Crippen molar-refractivity contribution in [2.45, 2.75) is 25.3 Å². The number of benzene rings is 2. The molecule has 1 heterocycles. The molecule has 8 heteroatoms. The first-order valence-corrected chi connectivity index (χ1v) is 10.1. The largest absolute Gasteiger partial charge is 0.458 e. The molecular formula is C20H21N3O4S. The van der Waals surface area contributed by atoms with E-state index in [1.165, 1.54) is 19.2 Å². The van der Waals surface area contributed by atoms with Crippen molar-refractivity contribution in [2.75, 3.05) is 13.6 Å². The van der Waals surface area contributed by atoms with Gasteiger partial charge in [0.15, 0.2) is 0 Å². The molecule has 1 aromatic heterocycles. The summed E-state index contributed by atoms with van der Waals surface area (Å²) in [6.45, 7) is 3.20. The molecular weight excluding hydrogens is 378 g/mol. The van der Waals surface area contributed by atoms with Crippen molar-refractivity contribution < 1.29 is 17.9 Å². The topological polar surface area (TPSA) is 89.5 Å². The monoisotopic (exact) mass is 399 g/mol. The molecule has 0 atom stereocenters. The Morgan fingerprint density at radius 2 is 1.61 bits per heavy atom. The Bertz CT molecular complexity index is 1110. The first-order chi connectivity index (χ1) is 13.3. The quantitative estimate of drug-likeness (QED) is 0.592. The highest BCUT2D eigenvalue weighted by Crippen LogP contribution is 2.16. The lowest BCUT2D eigenvalue weighted by molar-refractivity contribution is -0.145. The minimum absolute atomic E-state index is 0.0685. The van der Waals surface area contributed by atoms with Crippen LogP contribution in [0.1, 0.15) is 17.0 Å². The van der Waals surface area contributed by atoms with Crippen molar-refractivity contribution >= 4 is 27.0 Å². The lowest BCUT2D eigenvalue weighted by Gasteiger charge is -2.16. The minimum atomic E-state index is -3.77. The van der Waals surface area contributed by atoms with Crippen LogP contribution in [-0.4, -0.2) is 42.3 Å². The van der Waals surface area contributed by atoms with Crippen LogP contribution in [0.25, 0.3) is 11.0 Å². The van der Waals surface area contributed by atoms with Gasteiger partial charge in [0.2, 0.25) is 10.0 Å². The van der Waals surface area contributed by atoms with E-state index in [2.05, 4.69) is 9.97 Å². The third-order valence-electron chi connectivity index (χ3n) is 4.29. The smallest absolute Gasteiger partial charge is 0.321 e. The summed E-state index contributed by atoms with van der Waals surface area (Å²) in [4.78, 5) is 21.2. The van der Waals surface area contributed by atoms with Crippen molar-refractivity contribution in [3.8, 4) is 0 Å². The molecule has 3 rings (SSSR count). The summed E-state index contributed by atoms with van der Waals surface area (Å²) in [6.07, 6.45) is 0. The summed E-state index contributed by atoms with van der Waals surface area (Å²) in [5.74, 6) is -0.660. The number of ether oxygens (including phenoxy) is 1. The van der Waals surface area contributed by atoms with E-state index in [4.69, 9.17) is 4.74 Å². The van der Waals surface area contributed by atoms with Crippen molar-refractivity contribution in [3.05, 3.63) is 65.5 Å². The van der Waals surface area contributed by atoms with Crippen LogP contribution in [0.2, 0.25) is 0 Å². The molecule has 0 bridgehead atoms. The van der Waals surface area contributed by atoms with Gasteiger partial charge in [-0.3, -0.25) is 4.79 Å². The summed E-state index contributed by atoms with van der Waals surface area (Å²) in [5.41, 5.74) is 3.62. The molecule has 2 aromatic carbocycles. The van der Waals surface area contributed by atoms with Gasteiger partial charge in [0.25, 0.3) is 0 Å². The van der Waals surface area contributed by atoms with Gasteiger partial charge in [0.05, 0.1) is 27.3 Å². The van der Waals surface area contributed by atoms with E-state index in [-0.39, 0.29) is 11.5 Å². The summed E-state index contributed by atoms with van der Waals surface area (Å²) >= 11 is 0. The molecule has 0 spiro atoms. The molecule has 28 heavy (non-hydrogen) atoms. The number of aromatic nitrogens is 2. The van der Waals surface area contributed by atoms with Crippen LogP contribution in [0.15, 0.2) is 53.4 Å². The standard InChI is InChI=1S/C20H21N3O4S/c1-14-8-10-16(11-9-14)28(25,26)23(3)12-20(24)27-13-19-15(2)21-17-6-4-5-7-18(17)22-19/h4-11H,12-13H2,1-3H3. The second-order valence-electron chi connectivity index (χ2n) is 6.48. The van der Waals surface area contributed by atoms with Crippen LogP contribution in [0.4, 0.5) is 0 Å². The summed E-state index contributed by atoms with van der Waals surface area (Å²) < 4.78 is 31.3. The molecule has 3 aromatic rings. The fraction of sp³-hybridized carbons (Fsp3) is 0.250. The van der Waals surface area contributed by atoms with E-state index >= 15 is 0 Å². The number of para-hydroxylation sites is 2. The predicted molar refractivity (Wildman–Crippen MR) is 105 cm³/mol. The molecule has 0 unspecified atom stereocenters. The highest BCUT2D eigenvalue weighted by molar-refractivity contribution is 7.89. The van der Waals surface area contributed by atoms with Crippen molar-refractivity contribution in [2.24, 2.45) is 0 Å². The molecule has 0 saturated carbocycles. The van der Waals surface area contributed by atoms with E-state index in [0.29, 0.717) is 16.9 Å². The van der Waals surface area contributed by atoms with Gasteiger partial charge < -0.3 is 4.74 Å². The molecule has 0 fully saturated rings. The minimum Gasteiger partial charge on any atom is -0.458 e. The first kappa shape index (κ1) is 19.9. The van der Waals surface area contributed by atoms with Crippen molar-refractivity contribution in [3.63, 3.8) is 0 Å². The summed E-state index contributed by atoms with van der Waals surface area (Å²) in [5, 5.41) is 0. The maximum Gasteiger partial charge on any atom is 0.321 e. The maximum atomic E-state index is 12.5. The average molecular weight is 399 g/mol. The average Bonchev–Trinajstić information content (AvgIpc) is 2.66. The van der Waals surface area contributed by atoms with E-state index in [1.807, 2.05) is 31.2 Å². The number of hydrogen-bond donors (Lipinski definition) is 0. The summed E-state index contributed by atoms with van der Waals surface area (Å²) in [7, 11) is -2.42. The SMILES string of the molecule is Cc1ccc(S(=O)(=O)N(C)CC(=O)OCc2nc3ccccc3nc2C)cc1. The second kappa shape index (κ2) is 8.04. The lowest BCUT2D eigenvalue weighted by Crippen LogP contribution is -2.33. The van der Waals surface area contributed by atoms with E-state index in [1.54, 1.807) is 19.1 Å². The number of rotatable bonds is 6. The Kier molecular flexibility index (Phi) is 5.71. The van der Waals surface area contributed by atoms with Gasteiger partial charge in [-0.1, -0.05) is 29.8 Å². The summed E-state index contributed by atoms with van der Waals surface area (Å²) in [6, 6.07) is 13.9. The number of carbonyl (C=O) groups excluding carboxylic acids is 1. The number of likely N-dealkylation sites (N-methyl/N-ethyl adjacent to an activating group) is 1. The zero-order chi connectivity index (χ0) is 20.3. The number of nitrogens with zero attached hydrogens (tertiary/aromatic N) is 3. The van der Waals surface area contributed by atoms with E-state index in [0.717, 1.165) is 15.4 Å². The first-order valence-electron chi connectivity index (χ1n) is 8.68. The Balaban J connectivity index is 1.65. The van der Waals surface area contributed by atoms with E-state index < -0.39 is 22.5 Å². The van der Waals surface area contributed by atoms with Gasteiger partial charge in [-0.05, 0) is 38.1 Å². The van der Waals surface area contributed by atoms with Crippen LogP contribution < -0.4 is 0 Å². The van der Waals surface area contributed by atoms with Crippen LogP contribution in [0.3, 0.4) is 0 Å². The Morgan fingerprint density at radius 3 is 2.25 bits per heavy atom. The van der Waals surface area contributed by atoms with Crippen LogP contribution >= 0.6 is 0 Å². The highest BCUT2D eigenvalue weighted by Gasteiger charge is 2.23. The van der Waals surface area contributed by atoms with Crippen LogP contribution in [0.5, 0.6) is 0 Å². The fourth-order valence-electron chi connectivity index (χ4n) is 2.61. The Labute approximate surface area is 164 Å². The molecule has 0 aliphatic heterocycles. The van der Waals surface area contributed by atoms with Crippen molar-refractivity contribution in [1.29, 1.82) is 0 Å². The molecule has 7 nitrogen and oxygen atoms in total. The van der Waals surface area contributed by atoms with Gasteiger partial charge in [0.1, 0.15) is 13.2 Å². The molecule has 0 radical (unpaired) electrons. The van der Waals surface area contributed by atoms with Gasteiger partial charge in [-0.15, -0.1) is 0 Å². The van der Waals surface area contributed by atoms with Crippen molar-refractivity contribution in [1.82, 2.24) is 14.3 Å². The Hall–Kier alpha value is -2.84. The van der Waals surface area contributed by atoms with Gasteiger partial charge >= 0.3 is 5.97 Å². The highest BCUT2D eigenvalue weighted by atomic mass is 32.2. The van der Waals surface area contributed by atoms with Crippen LogP contribution in [-0.2, 0) is 26.2 Å². The maximum absolute atomic E-state index is 12.5. The number of aryl methyl sites for hydroxylation is 2. The number of hydrogen-bond acceptors (Lipinski definition) is 6. The van der Waals surface area contributed by atoms with E-state index in [9.17, 15) is 13.2 Å². The molecule has 0 aliphatic carbocycles. The molecule has 0 N–H and O–H groups in total.